The molecule has 0 saturated carbocycles. The van der Waals surface area contributed by atoms with E-state index in [0.29, 0.717) is 39.0 Å². The Hall–Kier alpha value is -1.67. The Kier molecular flexibility index (Phi) is 7.89. The van der Waals surface area contributed by atoms with Gasteiger partial charge in [0.1, 0.15) is 18.4 Å². The molecule has 1 aromatic rings. The Morgan fingerprint density at radius 3 is 2.93 bits per heavy atom. The van der Waals surface area contributed by atoms with Crippen LogP contribution in [0.5, 0.6) is 5.75 Å². The van der Waals surface area contributed by atoms with Crippen molar-refractivity contribution in [3.8, 4) is 5.75 Å². The minimum Gasteiger partial charge on any atom is -0.492 e. The van der Waals surface area contributed by atoms with Crippen LogP contribution in [0.25, 0.3) is 0 Å². The van der Waals surface area contributed by atoms with E-state index in [9.17, 15) is 4.79 Å². The molecule has 3 rings (SSSR count). The van der Waals surface area contributed by atoms with Gasteiger partial charge < -0.3 is 24.8 Å². The lowest BCUT2D eigenvalue weighted by molar-refractivity contribution is -0.126. The lowest BCUT2D eigenvalue weighted by atomic mass is 10.1. The fourth-order valence-corrected chi connectivity index (χ4v) is 3.41. The smallest absolute Gasteiger partial charge is 0.239 e. The monoisotopic (exact) mass is 377 g/mol. The van der Waals surface area contributed by atoms with E-state index >= 15 is 0 Å². The van der Waals surface area contributed by atoms with Crippen LogP contribution in [0.2, 0.25) is 0 Å². The average Bonchev–Trinajstić information content (AvgIpc) is 2.73. The lowest BCUT2D eigenvalue weighted by Gasteiger charge is -2.31. The number of carbonyl (C=O) groups is 1. The second-order valence-corrected chi connectivity index (χ2v) is 7.12. The second kappa shape index (κ2) is 10.6. The van der Waals surface area contributed by atoms with Gasteiger partial charge in [0.25, 0.3) is 0 Å². The van der Waals surface area contributed by atoms with Crippen LogP contribution >= 0.6 is 0 Å². The Labute approximate surface area is 161 Å². The molecule has 1 unspecified atom stereocenters. The van der Waals surface area contributed by atoms with Gasteiger partial charge >= 0.3 is 0 Å². The quantitative estimate of drug-likeness (QED) is 0.698. The molecular weight excluding hydrogens is 346 g/mol. The number of hydrogen-bond donors (Lipinski definition) is 2. The van der Waals surface area contributed by atoms with Crippen molar-refractivity contribution in [2.24, 2.45) is 0 Å². The first-order valence-electron chi connectivity index (χ1n) is 9.81. The van der Waals surface area contributed by atoms with Crippen molar-refractivity contribution in [1.29, 1.82) is 0 Å². The van der Waals surface area contributed by atoms with E-state index in [1.54, 1.807) is 0 Å². The number of hydrogen-bond acceptors (Lipinski definition) is 6. The molecule has 0 bridgehead atoms. The summed E-state index contributed by atoms with van der Waals surface area (Å²) >= 11 is 0. The first-order valence-corrected chi connectivity index (χ1v) is 9.81. The van der Waals surface area contributed by atoms with E-state index in [1.165, 1.54) is 0 Å². The third-order valence-corrected chi connectivity index (χ3v) is 5.13. The summed E-state index contributed by atoms with van der Waals surface area (Å²) in [5, 5.41) is 6.11. The Morgan fingerprint density at radius 2 is 2.15 bits per heavy atom. The molecule has 0 radical (unpaired) electrons. The van der Waals surface area contributed by atoms with E-state index in [1.807, 2.05) is 24.3 Å². The zero-order valence-electron chi connectivity index (χ0n) is 16.1. The first kappa shape index (κ1) is 20.1. The maximum absolute atomic E-state index is 12.2. The predicted molar refractivity (Wildman–Crippen MR) is 103 cm³/mol. The number of benzene rings is 1. The maximum Gasteiger partial charge on any atom is 0.239 e. The van der Waals surface area contributed by atoms with Gasteiger partial charge in [0, 0.05) is 38.9 Å². The summed E-state index contributed by atoms with van der Waals surface area (Å²) in [7, 11) is 2.15. The van der Waals surface area contributed by atoms with Crippen molar-refractivity contribution in [2.45, 2.75) is 31.5 Å². The van der Waals surface area contributed by atoms with Crippen molar-refractivity contribution in [3.05, 3.63) is 29.8 Å². The predicted octanol–water partition coefficient (Wildman–Crippen LogP) is 0.781. The number of ether oxygens (including phenoxy) is 3. The summed E-state index contributed by atoms with van der Waals surface area (Å²) in [5.74, 6) is 0.806. The summed E-state index contributed by atoms with van der Waals surface area (Å²) in [4.78, 5) is 14.5. The van der Waals surface area contributed by atoms with Crippen LogP contribution in [-0.2, 0) is 20.8 Å². The highest BCUT2D eigenvalue weighted by Crippen LogP contribution is 2.15. The van der Waals surface area contributed by atoms with Crippen molar-refractivity contribution >= 4 is 5.91 Å². The molecule has 2 aliphatic heterocycles. The molecule has 1 amide bonds. The highest BCUT2D eigenvalue weighted by atomic mass is 16.5. The van der Waals surface area contributed by atoms with Gasteiger partial charge in [-0.05, 0) is 37.6 Å². The normalized spacial score (nSPS) is 21.2. The SMILES string of the molecule is CN(CCOc1cccc(CNC(=O)C2COCCN2)c1)C1CCOCC1. The summed E-state index contributed by atoms with van der Waals surface area (Å²) in [5.41, 5.74) is 1.02. The lowest BCUT2D eigenvalue weighted by Crippen LogP contribution is -2.51. The van der Waals surface area contributed by atoms with Crippen LogP contribution < -0.4 is 15.4 Å². The Balaban J connectivity index is 1.39. The van der Waals surface area contributed by atoms with E-state index in [4.69, 9.17) is 14.2 Å². The minimum atomic E-state index is -0.265. The molecule has 7 heteroatoms. The van der Waals surface area contributed by atoms with Gasteiger partial charge in [-0.2, -0.15) is 0 Å². The molecule has 2 saturated heterocycles. The number of morpholine rings is 1. The van der Waals surface area contributed by atoms with Crippen LogP contribution in [0, 0.1) is 0 Å². The van der Waals surface area contributed by atoms with Crippen LogP contribution in [0.3, 0.4) is 0 Å². The van der Waals surface area contributed by atoms with Gasteiger partial charge in [-0.3, -0.25) is 9.69 Å². The largest absolute Gasteiger partial charge is 0.492 e. The highest BCUT2D eigenvalue weighted by molar-refractivity contribution is 5.81. The van der Waals surface area contributed by atoms with Crippen LogP contribution in [-0.4, -0.2) is 76.1 Å². The van der Waals surface area contributed by atoms with E-state index in [0.717, 1.165) is 43.9 Å². The topological polar surface area (TPSA) is 72.1 Å². The molecule has 1 atom stereocenters. The third kappa shape index (κ3) is 6.46. The molecule has 27 heavy (non-hydrogen) atoms. The molecule has 0 spiro atoms. The fraction of sp³-hybridized carbons (Fsp3) is 0.650. The molecule has 2 heterocycles. The van der Waals surface area contributed by atoms with Gasteiger partial charge in [0.2, 0.25) is 5.91 Å². The standard InChI is InChI=1S/C20H31N3O4/c1-23(17-5-9-25-10-6-17)8-12-27-18-4-2-3-16(13-18)14-22-20(24)19-15-26-11-7-21-19/h2-4,13,17,19,21H,5-12,14-15H2,1H3,(H,22,24). The molecule has 2 aliphatic rings. The maximum atomic E-state index is 12.2. The summed E-state index contributed by atoms with van der Waals surface area (Å²) in [6, 6.07) is 8.21. The van der Waals surface area contributed by atoms with Crippen molar-refractivity contribution in [1.82, 2.24) is 15.5 Å². The summed E-state index contributed by atoms with van der Waals surface area (Å²) < 4.78 is 16.7. The van der Waals surface area contributed by atoms with Crippen LogP contribution in [0.4, 0.5) is 0 Å². The average molecular weight is 377 g/mol. The fourth-order valence-electron chi connectivity index (χ4n) is 3.41. The van der Waals surface area contributed by atoms with Crippen molar-refractivity contribution in [3.63, 3.8) is 0 Å². The van der Waals surface area contributed by atoms with E-state index in [-0.39, 0.29) is 11.9 Å². The van der Waals surface area contributed by atoms with E-state index < -0.39 is 0 Å². The second-order valence-electron chi connectivity index (χ2n) is 7.12. The Bertz CT molecular complexity index is 586. The van der Waals surface area contributed by atoms with Gasteiger partial charge in [-0.25, -0.2) is 0 Å². The number of amides is 1. The number of rotatable bonds is 8. The summed E-state index contributed by atoms with van der Waals surface area (Å²) in [6.45, 7) is 5.52. The highest BCUT2D eigenvalue weighted by Gasteiger charge is 2.20. The zero-order valence-corrected chi connectivity index (χ0v) is 16.1. The van der Waals surface area contributed by atoms with Gasteiger partial charge in [0.15, 0.2) is 0 Å². The molecule has 150 valence electrons. The molecule has 1 aromatic carbocycles. The Morgan fingerprint density at radius 1 is 1.30 bits per heavy atom. The van der Waals surface area contributed by atoms with Gasteiger partial charge in [-0.15, -0.1) is 0 Å². The van der Waals surface area contributed by atoms with Gasteiger partial charge in [-0.1, -0.05) is 12.1 Å². The summed E-state index contributed by atoms with van der Waals surface area (Å²) in [6.07, 6.45) is 2.18. The molecule has 0 aliphatic carbocycles. The molecule has 2 N–H and O–H groups in total. The van der Waals surface area contributed by atoms with Crippen molar-refractivity contribution in [2.75, 3.05) is 53.2 Å². The van der Waals surface area contributed by atoms with Crippen LogP contribution in [0.15, 0.2) is 24.3 Å². The first-order chi connectivity index (χ1) is 13.2. The van der Waals surface area contributed by atoms with Gasteiger partial charge in [0.05, 0.1) is 13.2 Å². The third-order valence-electron chi connectivity index (χ3n) is 5.13. The number of carbonyl (C=O) groups excluding carboxylic acids is 1. The number of nitrogens with one attached hydrogen (secondary N) is 2. The molecule has 7 nitrogen and oxygen atoms in total. The zero-order chi connectivity index (χ0) is 18.9. The molecule has 2 fully saturated rings. The molecular formula is C20H31N3O4. The molecule has 0 aromatic heterocycles. The number of nitrogens with zero attached hydrogens (tertiary/aromatic N) is 1. The van der Waals surface area contributed by atoms with E-state index in [2.05, 4.69) is 22.6 Å². The number of likely N-dealkylation sites (N-methyl/N-ethyl adjacent to an activating group) is 1. The van der Waals surface area contributed by atoms with Crippen molar-refractivity contribution < 1.29 is 19.0 Å². The van der Waals surface area contributed by atoms with Crippen LogP contribution in [0.1, 0.15) is 18.4 Å². The minimum absolute atomic E-state index is 0.0286.